The Balaban J connectivity index is 2.52. The first-order valence-corrected chi connectivity index (χ1v) is 16.6. The molecule has 0 saturated heterocycles. The van der Waals surface area contributed by atoms with Gasteiger partial charge in [-0.2, -0.15) is 0 Å². The highest BCUT2D eigenvalue weighted by molar-refractivity contribution is 5.86. The molecule has 14 heteroatoms. The van der Waals surface area contributed by atoms with E-state index in [2.05, 4.69) is 21.4 Å². The summed E-state index contributed by atoms with van der Waals surface area (Å²) in [6.07, 6.45) is 3.00. The number of alkyl carbamates (subject to hydrolysis) is 2. The summed E-state index contributed by atoms with van der Waals surface area (Å²) in [5.74, 6) is -1.91. The van der Waals surface area contributed by atoms with Crippen LogP contribution in [0.4, 0.5) is 9.59 Å². The van der Waals surface area contributed by atoms with E-state index >= 15 is 0 Å². The molecule has 4 N–H and O–H groups in total. The molecule has 1 aromatic rings. The second-order valence-electron chi connectivity index (χ2n) is 12.9. The Morgan fingerprint density at radius 2 is 1.35 bits per heavy atom. The minimum atomic E-state index is -0.974. The van der Waals surface area contributed by atoms with E-state index in [9.17, 15) is 24.0 Å². The van der Waals surface area contributed by atoms with Crippen molar-refractivity contribution >= 4 is 30.0 Å². The average molecular weight is 678 g/mol. The molecule has 1 saturated carbocycles. The molecule has 0 aromatic heterocycles. The molecular formula is C34H55N5O9. The molecule has 0 bridgehead atoms. The standard InChI is InChI=1S/C34H55N5O9/c1-22(2)29(36-33(43)46-6)31(41)35-26(18-24-14-10-8-11-15-24)27(48-28(40)21-45-5)20-39(19-25-16-12-9-13-17-25)38-32(42)30(23(3)4)37-34(44)47-7/h8,10-11,14-15,22-23,25-27,29-30H,9,12-13,16-21H2,1-7H3,(H,35,41)(H,36,43)(H,37,44)(H,38,42)/t26?,27?,29-,30-/m0/s1. The highest BCUT2D eigenvalue weighted by Crippen LogP contribution is 2.25. The Hall–Kier alpha value is -3.91. The van der Waals surface area contributed by atoms with Crippen LogP contribution in [0.1, 0.15) is 65.4 Å². The van der Waals surface area contributed by atoms with Gasteiger partial charge in [0, 0.05) is 13.7 Å². The molecule has 1 aromatic carbocycles. The summed E-state index contributed by atoms with van der Waals surface area (Å²) in [4.78, 5) is 64.6. The van der Waals surface area contributed by atoms with Gasteiger partial charge in [-0.15, -0.1) is 0 Å². The number of carbonyl (C=O) groups is 5. The number of nitrogens with one attached hydrogen (secondary N) is 4. The molecule has 2 unspecified atom stereocenters. The minimum Gasteiger partial charge on any atom is -0.457 e. The molecule has 48 heavy (non-hydrogen) atoms. The van der Waals surface area contributed by atoms with Crippen molar-refractivity contribution in [2.75, 3.05) is 41.0 Å². The van der Waals surface area contributed by atoms with Crippen molar-refractivity contribution in [1.29, 1.82) is 0 Å². The van der Waals surface area contributed by atoms with E-state index in [4.69, 9.17) is 18.9 Å². The number of ether oxygens (including phenoxy) is 4. The maximum absolute atomic E-state index is 13.7. The molecule has 1 fully saturated rings. The molecule has 1 aliphatic rings. The van der Waals surface area contributed by atoms with Crippen molar-refractivity contribution in [3.8, 4) is 0 Å². The van der Waals surface area contributed by atoms with Crippen LogP contribution in [-0.4, -0.2) is 100 Å². The minimum absolute atomic E-state index is 0.00922. The Morgan fingerprint density at radius 1 is 0.792 bits per heavy atom. The first kappa shape index (κ1) is 40.3. The van der Waals surface area contributed by atoms with E-state index in [0.717, 1.165) is 37.7 Å². The smallest absolute Gasteiger partial charge is 0.407 e. The monoisotopic (exact) mass is 677 g/mol. The average Bonchev–Trinajstić information content (AvgIpc) is 3.05. The van der Waals surface area contributed by atoms with Crippen molar-refractivity contribution < 1.29 is 42.9 Å². The Labute approximate surface area is 284 Å². The summed E-state index contributed by atoms with van der Waals surface area (Å²) < 4.78 is 20.5. The first-order valence-electron chi connectivity index (χ1n) is 16.6. The van der Waals surface area contributed by atoms with Gasteiger partial charge in [-0.05, 0) is 42.6 Å². The highest BCUT2D eigenvalue weighted by atomic mass is 16.6. The zero-order valence-corrected chi connectivity index (χ0v) is 29.4. The van der Waals surface area contributed by atoms with Gasteiger partial charge in [-0.3, -0.25) is 15.0 Å². The van der Waals surface area contributed by atoms with Crippen molar-refractivity contribution in [2.45, 2.75) is 90.4 Å². The van der Waals surface area contributed by atoms with E-state index in [1.54, 1.807) is 32.7 Å². The predicted octanol–water partition coefficient (Wildman–Crippen LogP) is 2.95. The largest absolute Gasteiger partial charge is 0.457 e. The number of esters is 1. The number of rotatable bonds is 18. The molecule has 270 valence electrons. The summed E-state index contributed by atoms with van der Waals surface area (Å²) in [5.41, 5.74) is 3.84. The van der Waals surface area contributed by atoms with E-state index < -0.39 is 54.2 Å². The molecule has 14 nitrogen and oxygen atoms in total. The molecule has 0 aliphatic heterocycles. The number of carbonyl (C=O) groups excluding carboxylic acids is 5. The number of hydrogen-bond acceptors (Lipinski definition) is 10. The lowest BCUT2D eigenvalue weighted by atomic mass is 9.89. The van der Waals surface area contributed by atoms with E-state index in [1.165, 1.54) is 21.3 Å². The van der Waals surface area contributed by atoms with Gasteiger partial charge in [0.2, 0.25) is 5.91 Å². The van der Waals surface area contributed by atoms with Crippen LogP contribution in [0.5, 0.6) is 0 Å². The van der Waals surface area contributed by atoms with Crippen molar-refractivity contribution in [3.05, 3.63) is 35.9 Å². The summed E-state index contributed by atoms with van der Waals surface area (Å²) in [6, 6.07) is 6.76. The summed E-state index contributed by atoms with van der Waals surface area (Å²) >= 11 is 0. The number of hydrogen-bond donors (Lipinski definition) is 4. The molecule has 0 radical (unpaired) electrons. The fourth-order valence-corrected chi connectivity index (χ4v) is 5.71. The second-order valence-corrected chi connectivity index (χ2v) is 12.9. The van der Waals surface area contributed by atoms with Gasteiger partial charge in [-0.1, -0.05) is 77.3 Å². The van der Waals surface area contributed by atoms with E-state index in [-0.39, 0.29) is 37.3 Å². The fraction of sp³-hybridized carbons (Fsp3) is 0.676. The maximum atomic E-state index is 13.7. The molecule has 4 atom stereocenters. The number of hydrazine groups is 1. The quantitative estimate of drug-likeness (QED) is 0.103. The Kier molecular flexibility index (Phi) is 17.7. The zero-order valence-electron chi connectivity index (χ0n) is 29.4. The third kappa shape index (κ3) is 14.1. The summed E-state index contributed by atoms with van der Waals surface area (Å²) in [5, 5.41) is 9.92. The van der Waals surface area contributed by atoms with Gasteiger partial charge in [0.15, 0.2) is 0 Å². The summed E-state index contributed by atoms with van der Waals surface area (Å²) in [6.45, 7) is 7.33. The van der Waals surface area contributed by atoms with Gasteiger partial charge in [0.1, 0.15) is 24.8 Å². The van der Waals surface area contributed by atoms with Crippen LogP contribution in [0.25, 0.3) is 0 Å². The Morgan fingerprint density at radius 3 is 1.88 bits per heavy atom. The molecule has 4 amide bonds. The number of nitrogens with zero attached hydrogens (tertiary/aromatic N) is 1. The van der Waals surface area contributed by atoms with Gasteiger partial charge in [-0.25, -0.2) is 19.4 Å². The van der Waals surface area contributed by atoms with Crippen LogP contribution < -0.4 is 21.4 Å². The molecule has 2 rings (SSSR count). The topological polar surface area (TPSA) is 174 Å². The lowest BCUT2D eigenvalue weighted by molar-refractivity contribution is -0.158. The lowest BCUT2D eigenvalue weighted by Crippen LogP contribution is -2.60. The maximum Gasteiger partial charge on any atom is 0.407 e. The molecular weight excluding hydrogens is 622 g/mol. The molecule has 0 heterocycles. The number of methoxy groups -OCH3 is 3. The van der Waals surface area contributed by atoms with Crippen LogP contribution in [0.3, 0.4) is 0 Å². The molecule has 1 aliphatic carbocycles. The third-order valence-electron chi connectivity index (χ3n) is 8.31. The van der Waals surface area contributed by atoms with Crippen LogP contribution in [0, 0.1) is 17.8 Å². The van der Waals surface area contributed by atoms with E-state index in [1.807, 2.05) is 30.3 Å². The van der Waals surface area contributed by atoms with Crippen molar-refractivity contribution in [3.63, 3.8) is 0 Å². The first-order chi connectivity index (χ1) is 22.9. The fourth-order valence-electron chi connectivity index (χ4n) is 5.71. The zero-order chi connectivity index (χ0) is 35.6. The predicted molar refractivity (Wildman–Crippen MR) is 178 cm³/mol. The van der Waals surface area contributed by atoms with Crippen LogP contribution in [-0.2, 0) is 39.8 Å². The normalized spacial score (nSPS) is 16.0. The SMILES string of the molecule is COCC(=O)OC(CN(CC1CCCCC1)NC(=O)[C@@H](NC(=O)OC)C(C)C)C(Cc1ccccc1)NC(=O)[C@@H](NC(=O)OC)C(C)C. The van der Waals surface area contributed by atoms with Gasteiger partial charge < -0.3 is 34.9 Å². The van der Waals surface area contributed by atoms with Crippen molar-refractivity contribution in [2.24, 2.45) is 17.8 Å². The van der Waals surface area contributed by atoms with Crippen LogP contribution in [0.2, 0.25) is 0 Å². The van der Waals surface area contributed by atoms with Crippen LogP contribution >= 0.6 is 0 Å². The highest BCUT2D eigenvalue weighted by Gasteiger charge is 2.35. The lowest BCUT2D eigenvalue weighted by Gasteiger charge is -2.36. The van der Waals surface area contributed by atoms with Gasteiger partial charge >= 0.3 is 18.2 Å². The number of amides is 4. The second kappa shape index (κ2) is 21.1. The number of benzene rings is 1. The van der Waals surface area contributed by atoms with Crippen LogP contribution in [0.15, 0.2) is 30.3 Å². The van der Waals surface area contributed by atoms with Gasteiger partial charge in [0.25, 0.3) is 5.91 Å². The Bertz CT molecular complexity index is 1160. The van der Waals surface area contributed by atoms with Gasteiger partial charge in [0.05, 0.1) is 26.8 Å². The van der Waals surface area contributed by atoms with Crippen molar-refractivity contribution in [1.82, 2.24) is 26.4 Å². The van der Waals surface area contributed by atoms with E-state index in [0.29, 0.717) is 6.54 Å². The third-order valence-corrected chi connectivity index (χ3v) is 8.31. The molecule has 0 spiro atoms. The summed E-state index contributed by atoms with van der Waals surface area (Å²) in [7, 11) is 3.82.